The number of epoxide rings is 3. The van der Waals surface area contributed by atoms with Gasteiger partial charge in [0.15, 0.2) is 48.2 Å². The van der Waals surface area contributed by atoms with E-state index in [2.05, 4.69) is 21.3 Å². The van der Waals surface area contributed by atoms with Gasteiger partial charge < -0.3 is 95.6 Å². The Morgan fingerprint density at radius 1 is 0.375 bits per heavy atom. The fourth-order valence-corrected chi connectivity index (χ4v) is 9.05. The summed E-state index contributed by atoms with van der Waals surface area (Å²) in [6.45, 7) is 5.10. The second kappa shape index (κ2) is 37.9. The minimum atomic E-state index is -1.45. The number of benzene rings is 3. The van der Waals surface area contributed by atoms with Crippen LogP contribution < -0.4 is 21.3 Å². The Balaban J connectivity index is 0.000000318. The topological polar surface area (TPSA) is 552 Å². The maximum absolute atomic E-state index is 13.1. The fraction of sp³-hybridized carbons (Fsp3) is 0.468. The van der Waals surface area contributed by atoms with Crippen LogP contribution in [0, 0.1) is 11.8 Å². The molecule has 3 aliphatic rings. The molecule has 0 saturated carbocycles. The average molecular weight is 1360 g/mol. The molecule has 0 radical (unpaired) electrons. The number of carbonyl (C=O) groups is 15. The van der Waals surface area contributed by atoms with Gasteiger partial charge >= 0.3 is 53.7 Å². The fourth-order valence-electron chi connectivity index (χ4n) is 9.05. The smallest absolute Gasteiger partial charge is 0.338 e. The van der Waals surface area contributed by atoms with Crippen LogP contribution in [0.15, 0.2) is 72.8 Å². The third-order valence-corrected chi connectivity index (χ3v) is 14.2. The number of hydrogen-bond acceptors (Lipinski definition) is 24. The van der Waals surface area contributed by atoms with Gasteiger partial charge in [0.1, 0.15) is 29.3 Å². The van der Waals surface area contributed by atoms with Crippen molar-refractivity contribution in [3.63, 3.8) is 0 Å². The number of ketones is 2. The first-order valence-corrected chi connectivity index (χ1v) is 29.8. The van der Waals surface area contributed by atoms with E-state index in [9.17, 15) is 103 Å². The summed E-state index contributed by atoms with van der Waals surface area (Å²) < 4.78 is 29.1. The van der Waals surface area contributed by atoms with Gasteiger partial charge in [0.2, 0.25) is 5.91 Å². The predicted molar refractivity (Wildman–Crippen MR) is 319 cm³/mol. The first kappa shape index (κ1) is 77.8. The molecule has 0 spiro atoms. The summed E-state index contributed by atoms with van der Waals surface area (Å²) >= 11 is 0. The van der Waals surface area contributed by atoms with Gasteiger partial charge in [-0.15, -0.1) is 0 Å². The van der Waals surface area contributed by atoms with E-state index in [0.29, 0.717) is 16.7 Å². The summed E-state index contributed by atoms with van der Waals surface area (Å²) in [6.07, 6.45) is -10.4. The van der Waals surface area contributed by atoms with E-state index in [-0.39, 0.29) is 75.6 Å². The molecule has 3 heterocycles. The zero-order valence-electron chi connectivity index (χ0n) is 51.9. The maximum atomic E-state index is 13.1. The van der Waals surface area contributed by atoms with Gasteiger partial charge in [-0.05, 0) is 99.5 Å². The molecule has 12 atom stereocenters. The minimum absolute atomic E-state index is 0.00236. The molecule has 13 N–H and O–H groups in total. The van der Waals surface area contributed by atoms with Gasteiger partial charge in [-0.3, -0.25) is 47.9 Å². The summed E-state index contributed by atoms with van der Waals surface area (Å²) in [5.74, 6) is -16.9. The number of phenols is 3. The van der Waals surface area contributed by atoms with E-state index < -0.39 is 194 Å². The van der Waals surface area contributed by atoms with Crippen molar-refractivity contribution in [2.75, 3.05) is 19.8 Å². The van der Waals surface area contributed by atoms with Gasteiger partial charge in [-0.1, -0.05) is 36.4 Å². The van der Waals surface area contributed by atoms with Crippen LogP contribution >= 0.6 is 0 Å². The molecule has 6 rings (SSSR count). The van der Waals surface area contributed by atoms with E-state index in [1.807, 2.05) is 0 Å². The van der Waals surface area contributed by atoms with Crippen LogP contribution in [0.5, 0.6) is 17.2 Å². The summed E-state index contributed by atoms with van der Waals surface area (Å²) in [5.41, 5.74) is 1.68. The second-order valence-corrected chi connectivity index (χ2v) is 21.6. The number of aromatic hydroxyl groups is 3. The molecule has 96 heavy (non-hydrogen) atoms. The largest absolute Gasteiger partial charge is 0.508 e. The Morgan fingerprint density at radius 3 is 0.969 bits per heavy atom. The summed E-state index contributed by atoms with van der Waals surface area (Å²) in [7, 11) is 0. The van der Waals surface area contributed by atoms with E-state index in [0.717, 1.165) is 0 Å². The minimum Gasteiger partial charge on any atom is -0.508 e. The normalized spacial score (nSPS) is 18.7. The number of Topliss-reactive ketones (excluding diaryl/α,β-unsaturated/α-hetero) is 2. The van der Waals surface area contributed by atoms with E-state index in [1.54, 1.807) is 32.9 Å². The third kappa shape index (κ3) is 26.8. The van der Waals surface area contributed by atoms with Crippen LogP contribution in [0.2, 0.25) is 0 Å². The van der Waals surface area contributed by atoms with E-state index in [4.69, 9.17) is 43.7 Å². The molecule has 3 fully saturated rings. The van der Waals surface area contributed by atoms with Crippen LogP contribution in [0.3, 0.4) is 0 Å². The Labute approximate surface area is 545 Å². The van der Waals surface area contributed by atoms with Gasteiger partial charge in [0.05, 0.1) is 37.8 Å². The highest BCUT2D eigenvalue weighted by Crippen LogP contribution is 2.28. The molecular weight excluding hydrogens is 1280 g/mol. The van der Waals surface area contributed by atoms with Crippen molar-refractivity contribution in [2.45, 2.75) is 152 Å². The second-order valence-electron chi connectivity index (χ2n) is 21.6. The lowest BCUT2D eigenvalue weighted by Crippen LogP contribution is -2.47. The maximum Gasteiger partial charge on any atom is 0.338 e. The van der Waals surface area contributed by atoms with Crippen LogP contribution in [-0.2, 0) is 120 Å². The molecule has 3 saturated heterocycles. The number of aliphatic carboxylic acids is 6. The van der Waals surface area contributed by atoms with Crippen molar-refractivity contribution in [1.29, 1.82) is 0 Å². The standard InChI is InChI=1S/C26H32N2O13.C21H25NO10.C15H17NO7/c1-2-40-26(39)22-21(41-22)24(36)27-16(8-10-20(33)34)18(30)12-14(5-9-19(31)32)23(35)28-17(25(37)38)11-13-3-6-15(29)7-4-13;1-2-31-21(30)18-17(32-18)19(27)22-14(7-8-16(25)26)15(24)10-12(20(28)29)9-11-3-5-13(23)6-4-11;1-2-22-15(21)12-11(23-12)13(18)16-10(14(19)20)7-8-3-5-9(17)6-4-8/h3-4,6-7,14,16-17,21-22,29H,2,5,8-12H2,1H3,(H,27,36)(H,28,35)(H,31,32)(H,33,34)(H,37,38);3-6,12,14,17-18,23H,2,7-10H2,1H3,(H,22,27)(H,25,26)(H,28,29);3-6,10-12,17H,2,7H2,1H3,(H,16,18)(H,19,20)/t14-,16+,17+,21+,22?;12-,14+,17+,18?;10-,11-,12?/m110/s1. The molecule has 3 aromatic rings. The molecule has 0 aliphatic carbocycles. The van der Waals surface area contributed by atoms with Crippen molar-refractivity contribution >= 4 is 88.9 Å². The molecule has 34 heteroatoms. The van der Waals surface area contributed by atoms with Gasteiger partial charge in [0, 0.05) is 50.9 Å². The van der Waals surface area contributed by atoms with Crippen molar-refractivity contribution in [3.05, 3.63) is 89.5 Å². The summed E-state index contributed by atoms with van der Waals surface area (Å²) in [4.78, 5) is 179. The SMILES string of the molecule is CCOC(=O)C1O[C@@H]1C(=O)N[C@@H](CCC(=O)O)C(=O)C[C@@H](CCC(=O)O)C(=O)N[C@@H](Cc1ccc(O)cc1)C(=O)O.CCOC(=O)C1O[C@@H]1C(=O)N[C@@H](CCC(=O)O)C(=O)C[C@@H](Cc1ccc(O)cc1)C(=O)O.CCOC(=O)C1O[C@@H]1C(=O)N[C@@H](Cc1ccc(O)cc1)C(=O)O. The van der Waals surface area contributed by atoms with Crippen molar-refractivity contribution in [1.82, 2.24) is 21.3 Å². The number of nitrogens with one attached hydrogen (secondary N) is 4. The molecule has 4 amide bonds. The lowest BCUT2D eigenvalue weighted by Gasteiger charge is -2.22. The number of amides is 4. The number of hydrogen-bond donors (Lipinski definition) is 13. The zero-order valence-corrected chi connectivity index (χ0v) is 51.9. The van der Waals surface area contributed by atoms with Crippen LogP contribution in [0.1, 0.15) is 88.8 Å². The third-order valence-electron chi connectivity index (χ3n) is 14.2. The Hall–Kier alpha value is -10.6. The van der Waals surface area contributed by atoms with Gasteiger partial charge in [-0.2, -0.15) is 0 Å². The lowest BCUT2D eigenvalue weighted by molar-refractivity contribution is -0.145. The van der Waals surface area contributed by atoms with E-state index in [1.165, 1.54) is 60.7 Å². The number of carboxylic acid groups (broad SMARTS) is 6. The van der Waals surface area contributed by atoms with Gasteiger partial charge in [0.25, 0.3) is 17.7 Å². The van der Waals surface area contributed by atoms with Crippen molar-refractivity contribution in [3.8, 4) is 17.2 Å². The molecule has 34 nitrogen and oxygen atoms in total. The highest BCUT2D eigenvalue weighted by molar-refractivity contribution is 5.99. The molecule has 0 bridgehead atoms. The summed E-state index contributed by atoms with van der Waals surface area (Å²) in [6, 6.07) is 12.1. The number of carbonyl (C=O) groups excluding carboxylic acids is 9. The average Bonchev–Trinajstić information content (AvgIpc) is 1.66. The van der Waals surface area contributed by atoms with Crippen LogP contribution in [0.4, 0.5) is 0 Å². The number of carboxylic acids is 6. The Morgan fingerprint density at radius 2 is 0.667 bits per heavy atom. The molecule has 3 unspecified atom stereocenters. The Bertz CT molecular complexity index is 3280. The molecule has 3 aliphatic heterocycles. The zero-order chi connectivity index (χ0) is 71.5. The van der Waals surface area contributed by atoms with E-state index >= 15 is 0 Å². The highest BCUT2D eigenvalue weighted by atomic mass is 16.7. The first-order valence-electron chi connectivity index (χ1n) is 29.8. The van der Waals surface area contributed by atoms with Gasteiger partial charge in [-0.25, -0.2) is 24.0 Å². The lowest BCUT2D eigenvalue weighted by atomic mass is 9.91. The van der Waals surface area contributed by atoms with Crippen molar-refractivity contribution < 1.29 is 146 Å². The number of rotatable bonds is 38. The van der Waals surface area contributed by atoms with Crippen LogP contribution in [-0.4, -0.2) is 215 Å². The summed E-state index contributed by atoms with van der Waals surface area (Å²) in [5, 5.41) is 92.7. The molecular formula is C62H74N4O30. The van der Waals surface area contributed by atoms with Crippen LogP contribution in [0.25, 0.3) is 0 Å². The number of ether oxygens (including phenoxy) is 6. The molecule has 0 aromatic heterocycles. The molecule has 522 valence electrons. The highest BCUT2D eigenvalue weighted by Gasteiger charge is 2.54. The molecule has 3 aromatic carbocycles. The predicted octanol–water partition coefficient (Wildman–Crippen LogP) is -0.266. The number of phenolic OH excluding ortho intramolecular Hbond substituents is 3. The first-order chi connectivity index (χ1) is 45.3. The number of esters is 3. The monoisotopic (exact) mass is 1350 g/mol. The Kier molecular flexibility index (Phi) is 30.8. The quantitative estimate of drug-likeness (QED) is 0.0200. The van der Waals surface area contributed by atoms with Crippen molar-refractivity contribution in [2.24, 2.45) is 11.8 Å².